The van der Waals surface area contributed by atoms with Crippen molar-refractivity contribution < 1.29 is 19.5 Å². The van der Waals surface area contributed by atoms with Crippen LogP contribution in [0.1, 0.15) is 38.3 Å². The summed E-state index contributed by atoms with van der Waals surface area (Å²) < 4.78 is 0. The van der Waals surface area contributed by atoms with Gasteiger partial charge in [-0.05, 0) is 38.0 Å². The maximum absolute atomic E-state index is 12.8. The predicted molar refractivity (Wildman–Crippen MR) is 87.3 cm³/mol. The molecule has 0 unspecified atom stereocenters. The molecule has 1 amide bonds. The summed E-state index contributed by atoms with van der Waals surface area (Å²) in [5, 5.41) is 13.2. The Kier molecular flexibility index (Phi) is 4.61. The van der Waals surface area contributed by atoms with Gasteiger partial charge in [-0.15, -0.1) is 0 Å². The van der Waals surface area contributed by atoms with Crippen LogP contribution < -0.4 is 5.32 Å². The van der Waals surface area contributed by atoms with E-state index in [2.05, 4.69) is 5.32 Å². The molecule has 1 aliphatic rings. The lowest BCUT2D eigenvalue weighted by Gasteiger charge is -2.34. The lowest BCUT2D eigenvalue weighted by molar-refractivity contribution is -0.127. The molecule has 0 radical (unpaired) electrons. The summed E-state index contributed by atoms with van der Waals surface area (Å²) in [6, 6.07) is 4.88. The molecule has 122 valence electrons. The number of rotatable bonds is 4. The monoisotopic (exact) mass is 335 g/mol. The number of nitrogens with one attached hydrogen (secondary N) is 1. The van der Waals surface area contributed by atoms with Crippen molar-refractivity contribution in [2.24, 2.45) is 0 Å². The van der Waals surface area contributed by atoms with Crippen LogP contribution in [-0.2, 0) is 19.8 Å². The third-order valence-electron chi connectivity index (χ3n) is 4.23. The molecule has 1 atom stereocenters. The van der Waals surface area contributed by atoms with Crippen LogP contribution in [0.25, 0.3) is 5.76 Å². The predicted octanol–water partition coefficient (Wildman–Crippen LogP) is 2.56. The molecule has 0 fully saturated rings. The molecule has 0 bridgehead atoms. The molecule has 5 nitrogen and oxygen atoms in total. The van der Waals surface area contributed by atoms with Crippen LogP contribution in [0, 0.1) is 0 Å². The van der Waals surface area contributed by atoms with Gasteiger partial charge in [0, 0.05) is 10.6 Å². The quantitative estimate of drug-likeness (QED) is 0.828. The average molecular weight is 336 g/mol. The minimum absolute atomic E-state index is 0.200. The van der Waals surface area contributed by atoms with E-state index in [4.69, 9.17) is 11.6 Å². The molecule has 0 heterocycles. The molecule has 1 aromatic carbocycles. The lowest BCUT2D eigenvalue weighted by atomic mass is 9.68. The summed E-state index contributed by atoms with van der Waals surface area (Å²) >= 11 is 5.98. The first-order valence-corrected chi connectivity index (χ1v) is 7.66. The molecule has 0 saturated heterocycles. The number of aliphatic hydroxyl groups excluding tert-OH is 1. The van der Waals surface area contributed by atoms with E-state index in [9.17, 15) is 19.5 Å². The van der Waals surface area contributed by atoms with E-state index in [0.717, 1.165) is 0 Å². The minimum atomic E-state index is -0.935. The third kappa shape index (κ3) is 2.88. The van der Waals surface area contributed by atoms with Crippen LogP contribution in [0.4, 0.5) is 0 Å². The Morgan fingerprint density at radius 3 is 2.57 bits per heavy atom. The number of benzene rings is 1. The van der Waals surface area contributed by atoms with Gasteiger partial charge < -0.3 is 10.4 Å². The summed E-state index contributed by atoms with van der Waals surface area (Å²) in [6.45, 7) is 4.69. The van der Waals surface area contributed by atoms with E-state index in [1.54, 1.807) is 19.1 Å². The molecule has 23 heavy (non-hydrogen) atoms. The van der Waals surface area contributed by atoms with Crippen LogP contribution in [0.2, 0.25) is 5.02 Å². The van der Waals surface area contributed by atoms with Crippen LogP contribution in [-0.4, -0.2) is 29.1 Å². The first kappa shape index (κ1) is 17.2. The Labute approximate surface area is 139 Å². The van der Waals surface area contributed by atoms with E-state index >= 15 is 0 Å². The molecular weight excluding hydrogens is 318 g/mol. The average Bonchev–Trinajstić information content (AvgIpc) is 2.50. The summed E-state index contributed by atoms with van der Waals surface area (Å²) in [5.74, 6) is -1.87. The number of hydrogen-bond donors (Lipinski definition) is 2. The summed E-state index contributed by atoms with van der Waals surface area (Å²) in [7, 11) is 0. The zero-order valence-electron chi connectivity index (χ0n) is 13.2. The van der Waals surface area contributed by atoms with E-state index in [1.807, 2.05) is 6.92 Å². The Morgan fingerprint density at radius 1 is 1.35 bits per heavy atom. The smallest absolute Gasteiger partial charge is 0.259 e. The molecule has 0 aliphatic heterocycles. The maximum atomic E-state index is 12.8. The molecule has 1 aliphatic carbocycles. The second-order valence-corrected chi connectivity index (χ2v) is 6.25. The van der Waals surface area contributed by atoms with E-state index in [0.29, 0.717) is 22.6 Å². The Morgan fingerprint density at radius 2 is 2.00 bits per heavy atom. The molecule has 0 aromatic heterocycles. The number of Topliss-reactive ketones (excluding diaryl/α,β-unsaturated/α-hetero) is 2. The number of carbonyl (C=O) groups is 3. The molecular formula is C17H18ClNO4. The molecule has 2 N–H and O–H groups in total. The second kappa shape index (κ2) is 6.16. The van der Waals surface area contributed by atoms with Gasteiger partial charge in [-0.3, -0.25) is 14.4 Å². The first-order chi connectivity index (χ1) is 10.7. The number of aliphatic hydroxyl groups is 1. The van der Waals surface area contributed by atoms with E-state index < -0.39 is 22.9 Å². The summed E-state index contributed by atoms with van der Waals surface area (Å²) in [4.78, 5) is 36.1. The first-order valence-electron chi connectivity index (χ1n) is 7.28. The fraction of sp³-hybridized carbons (Fsp3) is 0.353. The SMILES string of the molecule is CC[C@@]1(C)C(=O)C(C(=O)NCC(C)=O)=C(O)c2cc(Cl)ccc21. The number of carbonyl (C=O) groups excluding carboxylic acids is 3. The van der Waals surface area contributed by atoms with Gasteiger partial charge in [-0.1, -0.05) is 24.6 Å². The van der Waals surface area contributed by atoms with E-state index in [-0.39, 0.29) is 17.9 Å². The van der Waals surface area contributed by atoms with Crippen molar-refractivity contribution >= 4 is 34.8 Å². The van der Waals surface area contributed by atoms with Crippen molar-refractivity contribution in [1.82, 2.24) is 5.32 Å². The van der Waals surface area contributed by atoms with Gasteiger partial charge in [-0.2, -0.15) is 0 Å². The van der Waals surface area contributed by atoms with Gasteiger partial charge in [0.15, 0.2) is 5.78 Å². The molecule has 6 heteroatoms. The van der Waals surface area contributed by atoms with Crippen molar-refractivity contribution in [3.8, 4) is 0 Å². The van der Waals surface area contributed by atoms with Crippen molar-refractivity contribution in [2.45, 2.75) is 32.6 Å². The van der Waals surface area contributed by atoms with Crippen molar-refractivity contribution in [3.05, 3.63) is 39.9 Å². The van der Waals surface area contributed by atoms with Crippen molar-refractivity contribution in [2.75, 3.05) is 6.54 Å². The number of ketones is 2. The number of hydrogen-bond acceptors (Lipinski definition) is 4. The lowest BCUT2D eigenvalue weighted by Crippen LogP contribution is -2.43. The van der Waals surface area contributed by atoms with Gasteiger partial charge in [0.1, 0.15) is 17.1 Å². The maximum Gasteiger partial charge on any atom is 0.259 e. The summed E-state index contributed by atoms with van der Waals surface area (Å²) in [6.07, 6.45) is 0.456. The van der Waals surface area contributed by atoms with E-state index in [1.165, 1.54) is 13.0 Å². The molecule has 2 rings (SSSR count). The number of fused-ring (bicyclic) bond motifs is 1. The van der Waals surface area contributed by atoms with Gasteiger partial charge in [0.05, 0.1) is 12.0 Å². The van der Waals surface area contributed by atoms with Gasteiger partial charge in [0.25, 0.3) is 5.91 Å². The van der Waals surface area contributed by atoms with Gasteiger partial charge in [-0.25, -0.2) is 0 Å². The highest BCUT2D eigenvalue weighted by Crippen LogP contribution is 2.42. The number of amides is 1. The highest BCUT2D eigenvalue weighted by molar-refractivity contribution is 6.32. The summed E-state index contributed by atoms with van der Waals surface area (Å²) in [5.41, 5.74) is -0.260. The van der Waals surface area contributed by atoms with Crippen LogP contribution in [0.15, 0.2) is 23.8 Å². The fourth-order valence-electron chi connectivity index (χ4n) is 2.69. The zero-order chi connectivity index (χ0) is 17.4. The normalized spacial score (nSPS) is 20.3. The molecule has 1 aromatic rings. The second-order valence-electron chi connectivity index (χ2n) is 5.81. The molecule has 0 spiro atoms. The largest absolute Gasteiger partial charge is 0.506 e. The van der Waals surface area contributed by atoms with Crippen molar-refractivity contribution in [3.63, 3.8) is 0 Å². The molecule has 0 saturated carbocycles. The Hall–Kier alpha value is -2.14. The minimum Gasteiger partial charge on any atom is -0.506 e. The zero-order valence-corrected chi connectivity index (χ0v) is 14.0. The topological polar surface area (TPSA) is 83.5 Å². The van der Waals surface area contributed by atoms with Crippen molar-refractivity contribution in [1.29, 1.82) is 0 Å². The highest BCUT2D eigenvalue weighted by Gasteiger charge is 2.45. The standard InChI is InChI=1S/C17H18ClNO4/c1-4-17(3)12-6-5-10(18)7-11(12)14(21)13(15(17)22)16(23)19-8-9(2)20/h5-7,21H,4,8H2,1-3H3,(H,19,23)/t17-/m1/s1. The van der Waals surface area contributed by atoms with Gasteiger partial charge in [0.2, 0.25) is 0 Å². The van der Waals surface area contributed by atoms with Gasteiger partial charge >= 0.3 is 0 Å². The third-order valence-corrected chi connectivity index (χ3v) is 4.46. The Bertz CT molecular complexity index is 738. The van der Waals surface area contributed by atoms with Crippen LogP contribution in [0.5, 0.6) is 0 Å². The number of halogens is 1. The highest BCUT2D eigenvalue weighted by atomic mass is 35.5. The fourth-order valence-corrected chi connectivity index (χ4v) is 2.86. The van der Waals surface area contributed by atoms with Crippen LogP contribution in [0.3, 0.4) is 0 Å². The van der Waals surface area contributed by atoms with Crippen LogP contribution >= 0.6 is 11.6 Å². The Balaban J connectivity index is 2.61.